The Hall–Kier alpha value is -1.85. The van der Waals surface area contributed by atoms with Gasteiger partial charge in [0, 0.05) is 25.7 Å². The van der Waals surface area contributed by atoms with Crippen LogP contribution in [0.5, 0.6) is 0 Å². The highest BCUT2D eigenvalue weighted by atomic mass is 15.3. The minimum atomic E-state index is 0.236. The lowest BCUT2D eigenvalue weighted by molar-refractivity contribution is 0.0104. The fourth-order valence-corrected chi connectivity index (χ4v) is 6.91. The van der Waals surface area contributed by atoms with Crippen LogP contribution < -0.4 is 10.2 Å². The summed E-state index contributed by atoms with van der Waals surface area (Å²) < 4.78 is 1.90. The molecule has 6 nitrogen and oxygen atoms in total. The van der Waals surface area contributed by atoms with E-state index in [-0.39, 0.29) is 5.54 Å². The molecule has 1 saturated heterocycles. The molecular weight excluding hydrogens is 336 g/mol. The number of anilines is 2. The first-order valence-corrected chi connectivity index (χ1v) is 10.9. The Bertz CT molecular complexity index is 830. The number of nitrogens with one attached hydrogen (secondary N) is 1. The number of hydrogen-bond acceptors (Lipinski definition) is 5. The third-order valence-electron chi connectivity index (χ3n) is 7.64. The van der Waals surface area contributed by atoms with Crippen molar-refractivity contribution in [1.82, 2.24) is 19.7 Å². The Kier molecular flexibility index (Phi) is 3.48. The van der Waals surface area contributed by atoms with E-state index in [9.17, 15) is 0 Å². The average molecular weight is 367 g/mol. The van der Waals surface area contributed by atoms with Gasteiger partial charge in [-0.05, 0) is 75.5 Å². The Morgan fingerprint density at radius 2 is 1.63 bits per heavy atom. The van der Waals surface area contributed by atoms with Gasteiger partial charge in [0.05, 0.1) is 11.6 Å². The van der Waals surface area contributed by atoms with Crippen LogP contribution in [-0.2, 0) is 7.05 Å². The molecule has 0 radical (unpaired) electrons. The van der Waals surface area contributed by atoms with Gasteiger partial charge in [-0.2, -0.15) is 15.1 Å². The van der Waals surface area contributed by atoms with Crippen LogP contribution in [0.3, 0.4) is 0 Å². The molecular formula is C21H30N6. The number of hydrogen-bond donors (Lipinski definition) is 1. The van der Waals surface area contributed by atoms with E-state index in [1.54, 1.807) is 0 Å². The second-order valence-corrected chi connectivity index (χ2v) is 9.75. The van der Waals surface area contributed by atoms with E-state index in [0.29, 0.717) is 0 Å². The zero-order valence-electron chi connectivity index (χ0n) is 16.3. The van der Waals surface area contributed by atoms with Crippen LogP contribution in [0.4, 0.5) is 11.8 Å². The van der Waals surface area contributed by atoms with Crippen molar-refractivity contribution in [1.29, 1.82) is 0 Å². The Balaban J connectivity index is 1.38. The monoisotopic (exact) mass is 366 g/mol. The minimum absolute atomic E-state index is 0.236. The summed E-state index contributed by atoms with van der Waals surface area (Å²) in [6, 6.07) is 0. The summed E-state index contributed by atoms with van der Waals surface area (Å²) >= 11 is 0. The quantitative estimate of drug-likeness (QED) is 0.897. The van der Waals surface area contributed by atoms with Crippen molar-refractivity contribution in [2.75, 3.05) is 23.3 Å². The van der Waals surface area contributed by atoms with E-state index in [0.717, 1.165) is 53.6 Å². The fraction of sp³-hybridized carbons (Fsp3) is 0.762. The van der Waals surface area contributed by atoms with E-state index in [2.05, 4.69) is 15.3 Å². The first-order valence-electron chi connectivity index (χ1n) is 10.9. The topological polar surface area (TPSA) is 58.9 Å². The van der Waals surface area contributed by atoms with Gasteiger partial charge in [-0.15, -0.1) is 0 Å². The number of aryl methyl sites for hydroxylation is 1. The maximum Gasteiger partial charge on any atom is 0.227 e. The standard InChI is InChI=1S/C21H30N6/c1-26-18-17(13-22-26)19(27-5-3-2-4-6-27)24-20(23-18)25-21-10-14-7-15(11-21)9-16(8-14)12-21/h13-16H,2-12H2,1H3,(H,23,24,25). The molecule has 5 aliphatic rings. The van der Waals surface area contributed by atoms with Gasteiger partial charge in [0.25, 0.3) is 0 Å². The third-order valence-corrected chi connectivity index (χ3v) is 7.64. The lowest BCUT2D eigenvalue weighted by Crippen LogP contribution is -2.55. The summed E-state index contributed by atoms with van der Waals surface area (Å²) in [5.41, 5.74) is 1.19. The first kappa shape index (κ1) is 16.1. The molecule has 2 aromatic heterocycles. The van der Waals surface area contributed by atoms with Gasteiger partial charge in [-0.3, -0.25) is 4.68 Å². The maximum absolute atomic E-state index is 5.06. The summed E-state index contributed by atoms with van der Waals surface area (Å²) in [6.07, 6.45) is 14.1. The number of aromatic nitrogens is 4. The lowest BCUT2D eigenvalue weighted by Gasteiger charge is -2.56. The van der Waals surface area contributed by atoms with Crippen molar-refractivity contribution in [2.24, 2.45) is 24.8 Å². The van der Waals surface area contributed by atoms with Crippen LogP contribution >= 0.6 is 0 Å². The zero-order chi connectivity index (χ0) is 18.0. The zero-order valence-corrected chi connectivity index (χ0v) is 16.3. The molecule has 0 aromatic carbocycles. The number of nitrogens with zero attached hydrogens (tertiary/aromatic N) is 5. The Labute approximate surface area is 160 Å². The van der Waals surface area contributed by atoms with Gasteiger partial charge in [0.1, 0.15) is 5.82 Å². The Morgan fingerprint density at radius 1 is 0.963 bits per heavy atom. The Morgan fingerprint density at radius 3 is 2.30 bits per heavy atom. The third kappa shape index (κ3) is 2.63. The number of piperidine rings is 1. The molecule has 7 rings (SSSR count). The fourth-order valence-electron chi connectivity index (χ4n) is 6.91. The smallest absolute Gasteiger partial charge is 0.227 e. The van der Waals surface area contributed by atoms with Crippen molar-refractivity contribution in [3.63, 3.8) is 0 Å². The van der Waals surface area contributed by atoms with Gasteiger partial charge < -0.3 is 10.2 Å². The highest BCUT2D eigenvalue weighted by Crippen LogP contribution is 2.56. The van der Waals surface area contributed by atoms with Gasteiger partial charge in [-0.25, -0.2) is 0 Å². The maximum atomic E-state index is 5.06. The van der Waals surface area contributed by atoms with Crippen LogP contribution in [0.15, 0.2) is 6.20 Å². The van der Waals surface area contributed by atoms with E-state index in [1.165, 1.54) is 57.8 Å². The minimum Gasteiger partial charge on any atom is -0.356 e. The average Bonchev–Trinajstić information content (AvgIpc) is 3.01. The van der Waals surface area contributed by atoms with Gasteiger partial charge in [0.2, 0.25) is 5.95 Å². The first-order chi connectivity index (χ1) is 13.2. The molecule has 0 atom stereocenters. The van der Waals surface area contributed by atoms with Crippen molar-refractivity contribution >= 4 is 22.8 Å². The van der Waals surface area contributed by atoms with Gasteiger partial charge >= 0.3 is 0 Å². The van der Waals surface area contributed by atoms with Crippen LogP contribution in [0.1, 0.15) is 57.8 Å². The molecule has 0 unspecified atom stereocenters. The molecule has 0 amide bonds. The highest BCUT2D eigenvalue weighted by Gasteiger charge is 2.51. The summed E-state index contributed by atoms with van der Waals surface area (Å²) in [5.74, 6) is 4.68. The molecule has 2 aromatic rings. The van der Waals surface area contributed by atoms with E-state index >= 15 is 0 Å². The summed E-state index contributed by atoms with van der Waals surface area (Å²) in [6.45, 7) is 2.19. The SMILES string of the molecule is Cn1ncc2c(N3CCCCC3)nc(NC34CC5CC(CC(C5)C3)C4)nc21. The van der Waals surface area contributed by atoms with Crippen LogP contribution in [0.25, 0.3) is 11.0 Å². The normalized spacial score (nSPS) is 35.1. The summed E-state index contributed by atoms with van der Waals surface area (Å²) in [5, 5.41) is 9.46. The van der Waals surface area contributed by atoms with Gasteiger partial charge in [0.15, 0.2) is 5.65 Å². The molecule has 4 bridgehead atoms. The van der Waals surface area contributed by atoms with Crippen molar-refractivity contribution in [3.8, 4) is 0 Å². The molecule has 5 fully saturated rings. The highest BCUT2D eigenvalue weighted by molar-refractivity contribution is 5.88. The van der Waals surface area contributed by atoms with Gasteiger partial charge in [-0.1, -0.05) is 0 Å². The molecule has 144 valence electrons. The van der Waals surface area contributed by atoms with Crippen LogP contribution in [0, 0.1) is 17.8 Å². The predicted octanol–water partition coefficient (Wildman–Crippen LogP) is 3.73. The molecule has 6 heteroatoms. The number of fused-ring (bicyclic) bond motifs is 1. The molecule has 4 aliphatic carbocycles. The van der Waals surface area contributed by atoms with E-state index in [4.69, 9.17) is 9.97 Å². The predicted molar refractivity (Wildman–Crippen MR) is 107 cm³/mol. The number of rotatable bonds is 3. The second-order valence-electron chi connectivity index (χ2n) is 9.75. The molecule has 1 aliphatic heterocycles. The van der Waals surface area contributed by atoms with E-state index < -0.39 is 0 Å². The van der Waals surface area contributed by atoms with Crippen molar-refractivity contribution in [2.45, 2.75) is 63.3 Å². The molecule has 4 saturated carbocycles. The van der Waals surface area contributed by atoms with Crippen molar-refractivity contribution in [3.05, 3.63) is 6.20 Å². The van der Waals surface area contributed by atoms with Crippen LogP contribution in [-0.4, -0.2) is 38.4 Å². The molecule has 3 heterocycles. The largest absolute Gasteiger partial charge is 0.356 e. The van der Waals surface area contributed by atoms with Crippen LogP contribution in [0.2, 0.25) is 0 Å². The summed E-state index contributed by atoms with van der Waals surface area (Å²) in [4.78, 5) is 12.4. The molecule has 0 spiro atoms. The molecule has 27 heavy (non-hydrogen) atoms. The van der Waals surface area contributed by atoms with E-state index in [1.807, 2.05) is 17.9 Å². The lowest BCUT2D eigenvalue weighted by atomic mass is 9.53. The summed E-state index contributed by atoms with van der Waals surface area (Å²) in [7, 11) is 1.99. The second kappa shape index (κ2) is 5.82. The van der Waals surface area contributed by atoms with Crippen molar-refractivity contribution < 1.29 is 0 Å². The molecule has 1 N–H and O–H groups in total.